The van der Waals surface area contributed by atoms with E-state index in [-0.39, 0.29) is 11.2 Å². The molecule has 4 nitrogen and oxygen atoms in total. The lowest BCUT2D eigenvalue weighted by Crippen LogP contribution is -2.41. The van der Waals surface area contributed by atoms with E-state index in [0.29, 0.717) is 0 Å². The van der Waals surface area contributed by atoms with Crippen LogP contribution in [0.25, 0.3) is 0 Å². The number of nitrogens with zero attached hydrogens (tertiary/aromatic N) is 2. The number of rotatable bonds is 2. The van der Waals surface area contributed by atoms with Crippen LogP contribution in [0.2, 0.25) is 0 Å². The number of hydrogen-bond acceptors (Lipinski definition) is 4. The van der Waals surface area contributed by atoms with Crippen LogP contribution in [0, 0.1) is 0 Å². The zero-order valence-electron chi connectivity index (χ0n) is 11.8. The van der Waals surface area contributed by atoms with Crippen molar-refractivity contribution in [2.75, 3.05) is 0 Å². The zero-order valence-corrected chi connectivity index (χ0v) is 11.8. The fourth-order valence-electron chi connectivity index (χ4n) is 1.87. The van der Waals surface area contributed by atoms with E-state index in [9.17, 15) is 13.2 Å². The van der Waals surface area contributed by atoms with Gasteiger partial charge >= 0.3 is 13.3 Å². The minimum absolute atomic E-state index is 0.119. The van der Waals surface area contributed by atoms with Crippen LogP contribution in [0.1, 0.15) is 33.4 Å². The number of halogens is 3. The van der Waals surface area contributed by atoms with Crippen LogP contribution in [0.5, 0.6) is 0 Å². The van der Waals surface area contributed by atoms with Gasteiger partial charge in [0.2, 0.25) is 0 Å². The highest BCUT2D eigenvalue weighted by Gasteiger charge is 2.52. The van der Waals surface area contributed by atoms with Crippen molar-refractivity contribution in [3.63, 3.8) is 0 Å². The smallest absolute Gasteiger partial charge is 0.399 e. The van der Waals surface area contributed by atoms with Gasteiger partial charge in [-0.25, -0.2) is 9.97 Å². The van der Waals surface area contributed by atoms with Gasteiger partial charge in [0.05, 0.1) is 23.3 Å². The van der Waals surface area contributed by atoms with Crippen LogP contribution < -0.4 is 5.46 Å². The van der Waals surface area contributed by atoms with Crippen LogP contribution in [0.4, 0.5) is 13.2 Å². The zero-order chi connectivity index (χ0) is 15.2. The first kappa shape index (κ1) is 15.2. The summed E-state index contributed by atoms with van der Waals surface area (Å²) >= 11 is 0. The minimum atomic E-state index is -4.34. The Morgan fingerprint density at radius 3 is 2.20 bits per heavy atom. The van der Waals surface area contributed by atoms with Gasteiger partial charge in [-0.05, 0) is 27.7 Å². The fraction of sp³-hybridized carbons (Fsp3) is 0.667. The molecule has 2 heterocycles. The molecule has 1 aliphatic rings. The van der Waals surface area contributed by atoms with Gasteiger partial charge in [0.15, 0.2) is 0 Å². The Morgan fingerprint density at radius 2 is 1.70 bits per heavy atom. The third kappa shape index (κ3) is 2.96. The van der Waals surface area contributed by atoms with E-state index in [1.54, 1.807) is 0 Å². The van der Waals surface area contributed by atoms with E-state index in [2.05, 4.69) is 9.97 Å². The average molecular weight is 288 g/mol. The van der Waals surface area contributed by atoms with Gasteiger partial charge in [-0.1, -0.05) is 0 Å². The molecule has 8 heteroatoms. The molecule has 2 rings (SSSR count). The van der Waals surface area contributed by atoms with Gasteiger partial charge in [0.1, 0.15) is 6.33 Å². The Labute approximate surface area is 115 Å². The summed E-state index contributed by atoms with van der Waals surface area (Å²) in [6, 6.07) is 0. The molecule has 0 bridgehead atoms. The maximum absolute atomic E-state index is 12.6. The van der Waals surface area contributed by atoms with Gasteiger partial charge in [0, 0.05) is 11.7 Å². The molecule has 1 aromatic heterocycles. The maximum Gasteiger partial charge on any atom is 0.498 e. The first-order valence-corrected chi connectivity index (χ1v) is 6.23. The Bertz CT molecular complexity index is 490. The second-order valence-corrected chi connectivity index (χ2v) is 5.80. The molecule has 0 N–H and O–H groups in total. The van der Waals surface area contributed by atoms with Gasteiger partial charge in [0.25, 0.3) is 0 Å². The average Bonchev–Trinajstić information content (AvgIpc) is 2.46. The van der Waals surface area contributed by atoms with Crippen molar-refractivity contribution in [1.29, 1.82) is 0 Å². The second-order valence-electron chi connectivity index (χ2n) is 5.80. The van der Waals surface area contributed by atoms with Crippen LogP contribution in [-0.2, 0) is 15.7 Å². The molecule has 1 saturated heterocycles. The van der Waals surface area contributed by atoms with E-state index in [4.69, 9.17) is 9.31 Å². The summed E-state index contributed by atoms with van der Waals surface area (Å²) in [6.45, 7) is 7.33. The highest BCUT2D eigenvalue weighted by molar-refractivity contribution is 6.62. The third-order valence-corrected chi connectivity index (χ3v) is 3.70. The molecule has 0 saturated carbocycles. The van der Waals surface area contributed by atoms with Crippen molar-refractivity contribution in [3.8, 4) is 0 Å². The van der Waals surface area contributed by atoms with Gasteiger partial charge < -0.3 is 9.31 Å². The summed E-state index contributed by atoms with van der Waals surface area (Å²) in [6.07, 6.45) is -3.06. The van der Waals surface area contributed by atoms with Crippen LogP contribution >= 0.6 is 0 Å². The Kier molecular flexibility index (Phi) is 3.58. The number of hydrogen-bond donors (Lipinski definition) is 0. The molecule has 0 aromatic carbocycles. The monoisotopic (exact) mass is 288 g/mol. The van der Waals surface area contributed by atoms with Crippen molar-refractivity contribution < 1.29 is 22.5 Å². The van der Waals surface area contributed by atoms with Crippen molar-refractivity contribution in [2.45, 2.75) is 51.5 Å². The topological polar surface area (TPSA) is 44.2 Å². The molecular formula is C12H16BF3N2O2. The predicted molar refractivity (Wildman–Crippen MR) is 67.5 cm³/mol. The van der Waals surface area contributed by atoms with Crippen LogP contribution in [0.15, 0.2) is 12.5 Å². The van der Waals surface area contributed by atoms with Crippen LogP contribution in [-0.4, -0.2) is 34.5 Å². The SMILES string of the molecule is CC1(C)OB(c2cncnc2CC(F)(F)F)OC1(C)C. The van der Waals surface area contributed by atoms with Gasteiger partial charge in [-0.2, -0.15) is 13.2 Å². The molecule has 1 aromatic rings. The van der Waals surface area contributed by atoms with Crippen molar-refractivity contribution in [1.82, 2.24) is 9.97 Å². The standard InChI is InChI=1S/C12H16BF3N2O2/c1-10(2)11(3,4)20-13(19-10)8-6-17-7-18-9(8)5-12(14,15)16/h6-7H,5H2,1-4H3. The van der Waals surface area contributed by atoms with E-state index in [0.717, 1.165) is 6.33 Å². The second kappa shape index (κ2) is 4.70. The molecule has 0 spiro atoms. The van der Waals surface area contributed by atoms with E-state index in [1.165, 1.54) is 6.20 Å². The summed E-state index contributed by atoms with van der Waals surface area (Å²) in [4.78, 5) is 7.49. The van der Waals surface area contributed by atoms with E-state index >= 15 is 0 Å². The van der Waals surface area contributed by atoms with Crippen molar-refractivity contribution in [3.05, 3.63) is 18.2 Å². The molecule has 0 atom stereocenters. The summed E-state index contributed by atoms with van der Waals surface area (Å²) in [5.41, 5.74) is -1.14. The lowest BCUT2D eigenvalue weighted by molar-refractivity contribution is -0.127. The number of alkyl halides is 3. The predicted octanol–water partition coefficient (Wildman–Crippen LogP) is 1.88. The summed E-state index contributed by atoms with van der Waals surface area (Å²) < 4.78 is 49.2. The summed E-state index contributed by atoms with van der Waals surface area (Å²) in [7, 11) is -0.890. The summed E-state index contributed by atoms with van der Waals surface area (Å²) in [5, 5.41) is 0. The Morgan fingerprint density at radius 1 is 1.15 bits per heavy atom. The van der Waals surface area contributed by atoms with Crippen LogP contribution in [0.3, 0.4) is 0 Å². The molecule has 0 amide bonds. The molecule has 20 heavy (non-hydrogen) atoms. The van der Waals surface area contributed by atoms with E-state index < -0.39 is 30.9 Å². The first-order valence-electron chi connectivity index (χ1n) is 6.23. The van der Waals surface area contributed by atoms with Crippen molar-refractivity contribution in [2.24, 2.45) is 0 Å². The lowest BCUT2D eigenvalue weighted by atomic mass is 9.78. The Hall–Kier alpha value is -1.15. The van der Waals surface area contributed by atoms with E-state index in [1.807, 2.05) is 27.7 Å². The normalized spacial score (nSPS) is 21.2. The minimum Gasteiger partial charge on any atom is -0.399 e. The highest BCUT2D eigenvalue weighted by Crippen LogP contribution is 2.36. The quantitative estimate of drug-likeness (QED) is 0.779. The number of aromatic nitrogens is 2. The Balaban J connectivity index is 2.31. The molecule has 0 radical (unpaired) electrons. The molecule has 0 unspecified atom stereocenters. The molecular weight excluding hydrogens is 272 g/mol. The highest BCUT2D eigenvalue weighted by atomic mass is 19.4. The largest absolute Gasteiger partial charge is 0.498 e. The molecule has 110 valence electrons. The maximum atomic E-state index is 12.6. The first-order chi connectivity index (χ1) is 9.02. The van der Waals surface area contributed by atoms with Gasteiger partial charge in [-0.3, -0.25) is 0 Å². The lowest BCUT2D eigenvalue weighted by Gasteiger charge is -2.32. The fourth-order valence-corrected chi connectivity index (χ4v) is 1.87. The third-order valence-electron chi connectivity index (χ3n) is 3.70. The molecule has 1 fully saturated rings. The molecule has 1 aliphatic heterocycles. The van der Waals surface area contributed by atoms with Gasteiger partial charge in [-0.15, -0.1) is 0 Å². The van der Waals surface area contributed by atoms with Crippen molar-refractivity contribution >= 4 is 12.6 Å². The molecule has 0 aliphatic carbocycles. The summed E-state index contributed by atoms with van der Waals surface area (Å²) in [5.74, 6) is 0.